The van der Waals surface area contributed by atoms with Gasteiger partial charge in [-0.05, 0) is 32.4 Å². The van der Waals surface area contributed by atoms with E-state index in [2.05, 4.69) is 11.4 Å². The molecule has 0 fully saturated rings. The van der Waals surface area contributed by atoms with Gasteiger partial charge in [0.2, 0.25) is 5.91 Å². The quantitative estimate of drug-likeness (QED) is 0.775. The van der Waals surface area contributed by atoms with Crippen molar-refractivity contribution in [3.63, 3.8) is 0 Å². The number of nitrogens with one attached hydrogen (secondary N) is 1. The summed E-state index contributed by atoms with van der Waals surface area (Å²) >= 11 is 0. The molecule has 1 aromatic rings. The maximum atomic E-state index is 10.8. The number of carbonyl (C=O) groups is 1. The van der Waals surface area contributed by atoms with E-state index in [9.17, 15) is 4.79 Å². The predicted octanol–water partition coefficient (Wildman–Crippen LogP) is 1.75. The fraction of sp³-hybridized carbons (Fsp3) is 0.500. The number of carbonyl (C=O) groups excluding carboxylic acids is 1. The Hall–Kier alpha value is -1.55. The second-order valence-electron chi connectivity index (χ2n) is 4.50. The van der Waals surface area contributed by atoms with Gasteiger partial charge >= 0.3 is 0 Å². The van der Waals surface area contributed by atoms with Gasteiger partial charge in [0, 0.05) is 24.6 Å². The number of hydrogen-bond donors (Lipinski definition) is 2. The topological polar surface area (TPSA) is 64.3 Å². The average Bonchev–Trinajstić information content (AvgIpc) is 2.27. The molecule has 1 rings (SSSR count). The van der Waals surface area contributed by atoms with Crippen LogP contribution in [-0.2, 0) is 11.3 Å². The lowest BCUT2D eigenvalue weighted by molar-refractivity contribution is -0.118. The van der Waals surface area contributed by atoms with Crippen LogP contribution in [0.3, 0.4) is 0 Å². The van der Waals surface area contributed by atoms with Crippen LogP contribution in [0, 0.1) is 6.92 Å². The molecular formula is C14H22N2O2. The monoisotopic (exact) mass is 250 g/mol. The zero-order chi connectivity index (χ0) is 13.5. The van der Waals surface area contributed by atoms with E-state index in [0.29, 0.717) is 19.6 Å². The van der Waals surface area contributed by atoms with E-state index in [-0.39, 0.29) is 11.9 Å². The van der Waals surface area contributed by atoms with Crippen LogP contribution in [0.1, 0.15) is 31.4 Å². The molecule has 18 heavy (non-hydrogen) atoms. The number of aryl methyl sites for hydroxylation is 1. The van der Waals surface area contributed by atoms with Crippen LogP contribution < -0.4 is 15.8 Å². The maximum Gasteiger partial charge on any atom is 0.218 e. The molecule has 1 atom stereocenters. The number of rotatable bonds is 7. The summed E-state index contributed by atoms with van der Waals surface area (Å²) in [6, 6.07) is 6.19. The van der Waals surface area contributed by atoms with Crippen molar-refractivity contribution in [2.24, 2.45) is 5.73 Å². The van der Waals surface area contributed by atoms with Crippen LogP contribution >= 0.6 is 0 Å². The van der Waals surface area contributed by atoms with Crippen LogP contribution in [0.4, 0.5) is 0 Å². The maximum absolute atomic E-state index is 10.8. The van der Waals surface area contributed by atoms with Gasteiger partial charge in [-0.15, -0.1) is 0 Å². The third kappa shape index (κ3) is 4.75. The van der Waals surface area contributed by atoms with Gasteiger partial charge in [-0.25, -0.2) is 0 Å². The SMILES string of the molecule is CCOc1cc(C)ccc1CNC(C)CC(N)=O. The average molecular weight is 250 g/mol. The highest BCUT2D eigenvalue weighted by molar-refractivity contribution is 5.74. The molecule has 0 radical (unpaired) electrons. The summed E-state index contributed by atoms with van der Waals surface area (Å²) in [6.45, 7) is 7.27. The van der Waals surface area contributed by atoms with Gasteiger partial charge in [0.1, 0.15) is 5.75 Å². The molecule has 100 valence electrons. The van der Waals surface area contributed by atoms with Gasteiger partial charge in [0.05, 0.1) is 6.61 Å². The Morgan fingerprint density at radius 2 is 2.22 bits per heavy atom. The second kappa shape index (κ2) is 7.01. The van der Waals surface area contributed by atoms with Crippen molar-refractivity contribution in [3.05, 3.63) is 29.3 Å². The molecule has 4 heteroatoms. The second-order valence-corrected chi connectivity index (χ2v) is 4.50. The molecule has 0 heterocycles. The molecular weight excluding hydrogens is 228 g/mol. The Morgan fingerprint density at radius 1 is 1.50 bits per heavy atom. The molecule has 0 aliphatic heterocycles. The lowest BCUT2D eigenvalue weighted by Gasteiger charge is -2.15. The zero-order valence-corrected chi connectivity index (χ0v) is 11.3. The van der Waals surface area contributed by atoms with E-state index in [0.717, 1.165) is 11.3 Å². The van der Waals surface area contributed by atoms with Gasteiger partial charge in [-0.3, -0.25) is 4.79 Å². The van der Waals surface area contributed by atoms with Crippen molar-refractivity contribution in [2.45, 2.75) is 39.8 Å². The highest BCUT2D eigenvalue weighted by atomic mass is 16.5. The van der Waals surface area contributed by atoms with Crippen molar-refractivity contribution in [1.82, 2.24) is 5.32 Å². The van der Waals surface area contributed by atoms with Crippen LogP contribution in [-0.4, -0.2) is 18.6 Å². The number of nitrogens with two attached hydrogens (primary N) is 1. The highest BCUT2D eigenvalue weighted by Gasteiger charge is 2.08. The fourth-order valence-corrected chi connectivity index (χ4v) is 1.76. The lowest BCUT2D eigenvalue weighted by atomic mass is 10.1. The molecule has 0 aliphatic rings. The minimum absolute atomic E-state index is 0.0679. The van der Waals surface area contributed by atoms with Gasteiger partial charge < -0.3 is 15.8 Å². The molecule has 0 spiro atoms. The van der Waals surface area contributed by atoms with Gasteiger partial charge in [0.25, 0.3) is 0 Å². The van der Waals surface area contributed by atoms with E-state index in [1.165, 1.54) is 5.56 Å². The van der Waals surface area contributed by atoms with Crippen LogP contribution in [0.15, 0.2) is 18.2 Å². The summed E-state index contributed by atoms with van der Waals surface area (Å²) in [5.41, 5.74) is 7.43. The highest BCUT2D eigenvalue weighted by Crippen LogP contribution is 2.20. The van der Waals surface area contributed by atoms with Crippen molar-refractivity contribution >= 4 is 5.91 Å². The first-order chi connectivity index (χ1) is 8.52. The summed E-state index contributed by atoms with van der Waals surface area (Å²) < 4.78 is 5.60. The Balaban J connectivity index is 2.63. The first-order valence-corrected chi connectivity index (χ1v) is 6.27. The first-order valence-electron chi connectivity index (χ1n) is 6.27. The Labute approximate surface area is 109 Å². The third-order valence-electron chi connectivity index (χ3n) is 2.67. The molecule has 4 nitrogen and oxygen atoms in total. The molecule has 3 N–H and O–H groups in total. The Kier molecular flexibility index (Phi) is 5.65. The van der Waals surface area contributed by atoms with Gasteiger partial charge in [-0.2, -0.15) is 0 Å². The van der Waals surface area contributed by atoms with Gasteiger partial charge in [0.15, 0.2) is 0 Å². The zero-order valence-electron chi connectivity index (χ0n) is 11.3. The van der Waals surface area contributed by atoms with Crippen molar-refractivity contribution in [3.8, 4) is 5.75 Å². The van der Waals surface area contributed by atoms with E-state index >= 15 is 0 Å². The van der Waals surface area contributed by atoms with E-state index in [1.807, 2.05) is 32.9 Å². The van der Waals surface area contributed by atoms with E-state index < -0.39 is 0 Å². The smallest absolute Gasteiger partial charge is 0.218 e. The standard InChI is InChI=1S/C14H22N2O2/c1-4-18-13-7-10(2)5-6-12(13)9-16-11(3)8-14(15)17/h5-7,11,16H,4,8-9H2,1-3H3,(H2,15,17). The van der Waals surface area contributed by atoms with Crippen LogP contribution in [0.5, 0.6) is 5.75 Å². The van der Waals surface area contributed by atoms with Crippen LogP contribution in [0.25, 0.3) is 0 Å². The molecule has 0 aliphatic carbocycles. The third-order valence-corrected chi connectivity index (χ3v) is 2.67. The molecule has 0 saturated carbocycles. The Morgan fingerprint density at radius 3 is 2.83 bits per heavy atom. The predicted molar refractivity (Wildman–Crippen MR) is 72.5 cm³/mol. The number of hydrogen-bond acceptors (Lipinski definition) is 3. The molecule has 1 amide bonds. The number of amides is 1. The molecule has 1 unspecified atom stereocenters. The lowest BCUT2D eigenvalue weighted by Crippen LogP contribution is -2.30. The molecule has 1 aromatic carbocycles. The molecule has 0 bridgehead atoms. The number of benzene rings is 1. The normalized spacial score (nSPS) is 12.2. The number of ether oxygens (including phenoxy) is 1. The number of primary amides is 1. The summed E-state index contributed by atoms with van der Waals surface area (Å²) in [4.78, 5) is 10.8. The minimum Gasteiger partial charge on any atom is -0.494 e. The van der Waals surface area contributed by atoms with E-state index in [1.54, 1.807) is 0 Å². The summed E-state index contributed by atoms with van der Waals surface area (Å²) in [6.07, 6.45) is 0.343. The van der Waals surface area contributed by atoms with Gasteiger partial charge in [-0.1, -0.05) is 12.1 Å². The summed E-state index contributed by atoms with van der Waals surface area (Å²) in [7, 11) is 0. The van der Waals surface area contributed by atoms with Crippen LogP contribution in [0.2, 0.25) is 0 Å². The van der Waals surface area contributed by atoms with E-state index in [4.69, 9.17) is 10.5 Å². The Bertz CT molecular complexity index is 405. The van der Waals surface area contributed by atoms with Crippen molar-refractivity contribution in [1.29, 1.82) is 0 Å². The minimum atomic E-state index is -0.288. The van der Waals surface area contributed by atoms with Crippen molar-refractivity contribution in [2.75, 3.05) is 6.61 Å². The fourth-order valence-electron chi connectivity index (χ4n) is 1.76. The molecule has 0 aromatic heterocycles. The summed E-state index contributed by atoms with van der Waals surface area (Å²) in [5, 5.41) is 3.27. The first kappa shape index (κ1) is 14.5. The largest absolute Gasteiger partial charge is 0.494 e. The molecule has 0 saturated heterocycles. The summed E-state index contributed by atoms with van der Waals surface area (Å²) in [5.74, 6) is 0.611. The van der Waals surface area contributed by atoms with Crippen molar-refractivity contribution < 1.29 is 9.53 Å².